The molecule has 6 heteroatoms. The van der Waals surface area contributed by atoms with Crippen LogP contribution < -0.4 is 0 Å². The number of carbonyl (C=O) groups is 1. The summed E-state index contributed by atoms with van der Waals surface area (Å²) in [6, 6.07) is 9.49. The molecule has 0 heterocycles. The van der Waals surface area contributed by atoms with Crippen molar-refractivity contribution in [2.24, 2.45) is 0 Å². The van der Waals surface area contributed by atoms with E-state index in [4.69, 9.17) is 4.74 Å². The number of rotatable bonds is 4. The zero-order valence-corrected chi connectivity index (χ0v) is 15.8. The summed E-state index contributed by atoms with van der Waals surface area (Å²) in [5.41, 5.74) is 1.20. The molecule has 0 saturated heterocycles. The van der Waals surface area contributed by atoms with Crippen LogP contribution in [0.1, 0.15) is 12.5 Å². The Morgan fingerprint density at radius 1 is 1.17 bits per heavy atom. The summed E-state index contributed by atoms with van der Waals surface area (Å²) in [4.78, 5) is 11.6. The van der Waals surface area contributed by atoms with Gasteiger partial charge in [-0.15, -0.1) is 0 Å². The number of alkyl halides is 4. The van der Waals surface area contributed by atoms with Crippen molar-refractivity contribution in [2.75, 3.05) is 0 Å². The zero-order valence-electron chi connectivity index (χ0n) is 9.42. The van der Waals surface area contributed by atoms with Crippen LogP contribution in [0.25, 0.3) is 0 Å². The van der Waals surface area contributed by atoms with Gasteiger partial charge in [0, 0.05) is 5.57 Å². The van der Waals surface area contributed by atoms with Crippen LogP contribution in [0.2, 0.25) is 0 Å². The quantitative estimate of drug-likeness (QED) is 0.320. The van der Waals surface area contributed by atoms with Crippen LogP contribution in [0.15, 0.2) is 42.5 Å². The van der Waals surface area contributed by atoms with Crippen molar-refractivity contribution in [2.45, 2.75) is 13.6 Å². The number of benzene rings is 1. The molecular weight excluding hydrogens is 496 g/mol. The lowest BCUT2D eigenvalue weighted by Crippen LogP contribution is -2.36. The van der Waals surface area contributed by atoms with Gasteiger partial charge in [-0.1, -0.05) is 68.8 Å². The van der Waals surface area contributed by atoms with E-state index >= 15 is 0 Å². The van der Waals surface area contributed by atoms with Crippen molar-refractivity contribution in [3.05, 3.63) is 48.0 Å². The Labute approximate surface area is 140 Å². The highest BCUT2D eigenvalue weighted by atomic mass is 79.9. The minimum atomic E-state index is -1.15. The average Bonchev–Trinajstić information content (AvgIpc) is 2.29. The molecule has 0 spiro atoms. The van der Waals surface area contributed by atoms with Gasteiger partial charge in [-0.3, -0.25) is 0 Å². The normalized spacial score (nSPS) is 12.1. The van der Waals surface area contributed by atoms with Gasteiger partial charge in [-0.25, -0.2) is 4.79 Å². The van der Waals surface area contributed by atoms with Gasteiger partial charge >= 0.3 is 5.97 Å². The van der Waals surface area contributed by atoms with Crippen molar-refractivity contribution in [1.29, 1.82) is 0 Å². The molecule has 1 aromatic rings. The van der Waals surface area contributed by atoms with Gasteiger partial charge in [-0.05, 0) is 44.3 Å². The van der Waals surface area contributed by atoms with E-state index < -0.39 is 12.6 Å². The summed E-state index contributed by atoms with van der Waals surface area (Å²) >= 11 is 13.7. The van der Waals surface area contributed by atoms with E-state index in [9.17, 15) is 4.79 Å². The second-order valence-electron chi connectivity index (χ2n) is 3.63. The van der Waals surface area contributed by atoms with Crippen LogP contribution in [-0.2, 0) is 12.8 Å². The highest BCUT2D eigenvalue weighted by Gasteiger charge is 2.49. The fourth-order valence-electron chi connectivity index (χ4n) is 1.08. The Hall–Kier alpha value is 0.350. The molecule has 0 N–H and O–H groups in total. The molecule has 0 fully saturated rings. The van der Waals surface area contributed by atoms with Crippen LogP contribution in [0.4, 0.5) is 0 Å². The Morgan fingerprint density at radius 3 is 2.11 bits per heavy atom. The number of hydrogen-bond donors (Lipinski definition) is 0. The minimum absolute atomic E-state index is 0.321. The summed E-state index contributed by atoms with van der Waals surface area (Å²) in [7, 11) is 0. The van der Waals surface area contributed by atoms with E-state index in [0.29, 0.717) is 5.57 Å². The van der Waals surface area contributed by atoms with Gasteiger partial charge in [0.15, 0.2) is 3.23 Å². The Morgan fingerprint density at radius 2 is 1.67 bits per heavy atom. The maximum absolute atomic E-state index is 11.6. The monoisotopic (exact) mass is 502 g/mol. The fraction of sp³-hybridized carbons (Fsp3) is 0.250. The maximum atomic E-state index is 11.6. The van der Waals surface area contributed by atoms with Crippen LogP contribution >= 0.6 is 63.7 Å². The van der Waals surface area contributed by atoms with E-state index in [-0.39, 0.29) is 0 Å². The molecule has 0 atom stereocenters. The van der Waals surface area contributed by atoms with E-state index in [2.05, 4.69) is 70.3 Å². The first-order valence-corrected chi connectivity index (χ1v) is 8.05. The summed E-state index contributed by atoms with van der Waals surface area (Å²) in [5.74, 6) is -0.497. The van der Waals surface area contributed by atoms with Gasteiger partial charge in [-0.2, -0.15) is 0 Å². The first-order chi connectivity index (χ1) is 8.18. The topological polar surface area (TPSA) is 26.3 Å². The molecule has 0 aromatic heterocycles. The fourth-order valence-corrected chi connectivity index (χ4v) is 2.53. The molecule has 2 nitrogen and oxygen atoms in total. The molecule has 98 valence electrons. The zero-order chi connectivity index (χ0) is 14.0. The van der Waals surface area contributed by atoms with Crippen LogP contribution in [0.3, 0.4) is 0 Å². The largest absolute Gasteiger partial charge is 0.431 e. The van der Waals surface area contributed by atoms with E-state index in [1.807, 2.05) is 30.3 Å². The van der Waals surface area contributed by atoms with Gasteiger partial charge in [0.1, 0.15) is 0 Å². The summed E-state index contributed by atoms with van der Waals surface area (Å²) in [6.45, 7) is 5.14. The lowest BCUT2D eigenvalue weighted by molar-refractivity contribution is -0.141. The first kappa shape index (κ1) is 16.4. The molecule has 0 aliphatic rings. The second-order valence-corrected chi connectivity index (χ2v) is 10.4. The molecule has 0 amide bonds. The van der Waals surface area contributed by atoms with Gasteiger partial charge < -0.3 is 4.74 Å². The van der Waals surface area contributed by atoms with Crippen LogP contribution in [0.5, 0.6) is 0 Å². The van der Waals surface area contributed by atoms with Crippen LogP contribution in [-0.4, -0.2) is 9.39 Å². The third-order valence-electron chi connectivity index (χ3n) is 2.07. The number of halogens is 4. The number of ether oxygens (including phenoxy) is 1. The molecule has 0 bridgehead atoms. The third-order valence-corrected chi connectivity index (χ3v) is 7.75. The number of carbonyl (C=O) groups excluding carboxylic acids is 1. The van der Waals surface area contributed by atoms with Crippen LogP contribution in [0, 0.1) is 0 Å². The Kier molecular flexibility index (Phi) is 5.65. The van der Waals surface area contributed by atoms with Crippen molar-refractivity contribution >= 4 is 69.7 Å². The second kappa shape index (κ2) is 6.20. The molecule has 0 radical (unpaired) electrons. The molecule has 18 heavy (non-hydrogen) atoms. The predicted octanol–water partition coefficient (Wildman–Crippen LogP) is 5.19. The molecule has 1 aromatic carbocycles. The highest BCUT2D eigenvalue weighted by molar-refractivity contribution is 9.30. The summed E-state index contributed by atoms with van der Waals surface area (Å²) in [6.07, 6.45) is 0. The standard InChI is InChI=1S/C12H10Br4O2/c1-8(2)10(17)18-12(15,16)11(13,14)9-6-4-3-5-7-9/h3-7H,1H2,2H3. The van der Waals surface area contributed by atoms with Gasteiger partial charge in [0.2, 0.25) is 3.42 Å². The Bertz CT molecular complexity index is 454. The third kappa shape index (κ3) is 3.68. The van der Waals surface area contributed by atoms with Gasteiger partial charge in [0.25, 0.3) is 0 Å². The molecule has 1 rings (SSSR count). The maximum Gasteiger partial charge on any atom is 0.335 e. The average molecular weight is 506 g/mol. The predicted molar refractivity (Wildman–Crippen MR) is 87.5 cm³/mol. The lowest BCUT2D eigenvalue weighted by atomic mass is 10.1. The van der Waals surface area contributed by atoms with Crippen molar-refractivity contribution in [3.8, 4) is 0 Å². The Balaban J connectivity index is 3.03. The van der Waals surface area contributed by atoms with Crippen molar-refractivity contribution in [1.82, 2.24) is 0 Å². The minimum Gasteiger partial charge on any atom is -0.431 e. The molecule has 0 unspecified atom stereocenters. The highest BCUT2D eigenvalue weighted by Crippen LogP contribution is 2.56. The first-order valence-electron chi connectivity index (χ1n) is 4.88. The van der Waals surface area contributed by atoms with Crippen molar-refractivity contribution in [3.63, 3.8) is 0 Å². The molecular formula is C12H10Br4O2. The van der Waals surface area contributed by atoms with E-state index in [1.54, 1.807) is 6.92 Å². The summed E-state index contributed by atoms with van der Waals surface area (Å²) < 4.78 is 3.35. The van der Waals surface area contributed by atoms with Gasteiger partial charge in [0.05, 0.1) is 0 Å². The molecule has 0 saturated carbocycles. The number of esters is 1. The molecule has 0 aliphatic heterocycles. The summed E-state index contributed by atoms with van der Waals surface area (Å²) in [5, 5.41) is 0. The SMILES string of the molecule is C=C(C)C(=O)OC(Br)(Br)C(Br)(Br)c1ccccc1. The molecule has 0 aliphatic carbocycles. The van der Waals surface area contributed by atoms with E-state index in [1.165, 1.54) is 0 Å². The smallest absolute Gasteiger partial charge is 0.335 e. The van der Waals surface area contributed by atoms with E-state index in [0.717, 1.165) is 5.56 Å². The van der Waals surface area contributed by atoms with Crippen molar-refractivity contribution < 1.29 is 9.53 Å². The lowest BCUT2D eigenvalue weighted by Gasteiger charge is -2.34. The number of hydrogen-bond acceptors (Lipinski definition) is 2.